The molecule has 106 valence electrons. The van der Waals surface area contributed by atoms with Crippen LogP contribution in [0.3, 0.4) is 0 Å². The van der Waals surface area contributed by atoms with Gasteiger partial charge in [0.25, 0.3) is 5.91 Å². The van der Waals surface area contributed by atoms with E-state index in [1.165, 1.54) is 0 Å². The molecule has 1 aromatic heterocycles. The normalized spacial score (nSPS) is 11.5. The monoisotopic (exact) mass is 264 g/mol. The van der Waals surface area contributed by atoms with Crippen molar-refractivity contribution in [3.63, 3.8) is 0 Å². The lowest BCUT2D eigenvalue weighted by atomic mass is 10.1. The Kier molecular flexibility index (Phi) is 4.86. The van der Waals surface area contributed by atoms with Crippen molar-refractivity contribution in [1.82, 2.24) is 15.3 Å². The molecule has 5 heteroatoms. The zero-order chi connectivity index (χ0) is 14.6. The maximum Gasteiger partial charge on any atom is 0.270 e. The number of amides is 1. The Hall–Kier alpha value is -1.65. The van der Waals surface area contributed by atoms with Crippen LogP contribution in [0.5, 0.6) is 0 Å². The van der Waals surface area contributed by atoms with Gasteiger partial charge in [0, 0.05) is 17.8 Å². The van der Waals surface area contributed by atoms with E-state index in [1.54, 1.807) is 6.07 Å². The van der Waals surface area contributed by atoms with Crippen molar-refractivity contribution in [2.45, 2.75) is 47.1 Å². The number of hydrogen-bond acceptors (Lipinski definition) is 4. The molecule has 5 nitrogen and oxygen atoms in total. The number of nitrogens with one attached hydrogen (secondary N) is 2. The van der Waals surface area contributed by atoms with Crippen molar-refractivity contribution in [3.8, 4) is 0 Å². The van der Waals surface area contributed by atoms with Gasteiger partial charge in [0.05, 0.1) is 0 Å². The molecular weight excluding hydrogens is 240 g/mol. The van der Waals surface area contributed by atoms with Crippen molar-refractivity contribution in [2.24, 2.45) is 5.92 Å². The summed E-state index contributed by atoms with van der Waals surface area (Å²) in [4.78, 5) is 20.6. The van der Waals surface area contributed by atoms with Gasteiger partial charge in [-0.3, -0.25) is 4.79 Å². The predicted octanol–water partition coefficient (Wildman–Crippen LogP) is 2.38. The maximum atomic E-state index is 12.1. The number of anilines is 1. The molecule has 0 unspecified atom stereocenters. The molecule has 0 bridgehead atoms. The molecule has 0 aliphatic carbocycles. The average molecular weight is 264 g/mol. The van der Waals surface area contributed by atoms with Gasteiger partial charge in [0.1, 0.15) is 5.69 Å². The molecule has 0 saturated carbocycles. The number of rotatable bonds is 4. The van der Waals surface area contributed by atoms with Gasteiger partial charge in [-0.05, 0) is 39.7 Å². The molecule has 1 rings (SSSR count). The molecule has 0 aromatic carbocycles. The first kappa shape index (κ1) is 15.4. The quantitative estimate of drug-likeness (QED) is 0.876. The summed E-state index contributed by atoms with van der Waals surface area (Å²) in [6, 6.07) is 1.70. The second-order valence-electron chi connectivity index (χ2n) is 6.20. The van der Waals surface area contributed by atoms with E-state index in [-0.39, 0.29) is 11.4 Å². The highest BCUT2D eigenvalue weighted by molar-refractivity contribution is 5.93. The first-order chi connectivity index (χ1) is 8.67. The Labute approximate surface area is 115 Å². The van der Waals surface area contributed by atoms with Crippen molar-refractivity contribution >= 4 is 11.9 Å². The lowest BCUT2D eigenvalue weighted by molar-refractivity contribution is 0.0914. The van der Waals surface area contributed by atoms with Gasteiger partial charge < -0.3 is 10.6 Å². The minimum Gasteiger partial charge on any atom is -0.354 e. The fraction of sp³-hybridized carbons (Fsp3) is 0.643. The molecule has 0 radical (unpaired) electrons. The minimum atomic E-state index is -0.276. The zero-order valence-corrected chi connectivity index (χ0v) is 12.7. The summed E-state index contributed by atoms with van der Waals surface area (Å²) in [5.41, 5.74) is 0.899. The third kappa shape index (κ3) is 5.68. The Morgan fingerprint density at radius 1 is 1.32 bits per heavy atom. The summed E-state index contributed by atoms with van der Waals surface area (Å²) in [6.07, 6.45) is 0. The van der Waals surface area contributed by atoms with E-state index in [4.69, 9.17) is 0 Å². The Balaban J connectivity index is 2.87. The Morgan fingerprint density at radius 3 is 2.47 bits per heavy atom. The summed E-state index contributed by atoms with van der Waals surface area (Å²) in [7, 11) is 0. The van der Waals surface area contributed by atoms with E-state index in [2.05, 4.69) is 34.4 Å². The van der Waals surface area contributed by atoms with Crippen LogP contribution >= 0.6 is 0 Å². The molecular formula is C14H24N4O. The third-order valence-corrected chi connectivity index (χ3v) is 2.24. The maximum absolute atomic E-state index is 12.1. The molecule has 0 atom stereocenters. The summed E-state index contributed by atoms with van der Waals surface area (Å²) in [5, 5.41) is 6.04. The van der Waals surface area contributed by atoms with Crippen LogP contribution in [-0.2, 0) is 0 Å². The molecule has 1 heterocycles. The van der Waals surface area contributed by atoms with E-state index in [0.717, 1.165) is 12.2 Å². The van der Waals surface area contributed by atoms with Crippen molar-refractivity contribution in [1.29, 1.82) is 0 Å². The van der Waals surface area contributed by atoms with Crippen LogP contribution < -0.4 is 10.6 Å². The molecule has 0 fully saturated rings. The van der Waals surface area contributed by atoms with Crippen LogP contribution in [0.15, 0.2) is 6.07 Å². The summed E-state index contributed by atoms with van der Waals surface area (Å²) < 4.78 is 0. The van der Waals surface area contributed by atoms with Gasteiger partial charge in [-0.2, -0.15) is 0 Å². The van der Waals surface area contributed by atoms with E-state index >= 15 is 0 Å². The molecule has 19 heavy (non-hydrogen) atoms. The number of nitrogens with zero attached hydrogens (tertiary/aromatic N) is 2. The minimum absolute atomic E-state index is 0.175. The summed E-state index contributed by atoms with van der Waals surface area (Å²) >= 11 is 0. The van der Waals surface area contributed by atoms with Crippen LogP contribution in [-0.4, -0.2) is 28.0 Å². The second-order valence-corrected chi connectivity index (χ2v) is 6.20. The van der Waals surface area contributed by atoms with Crippen LogP contribution in [0, 0.1) is 12.8 Å². The first-order valence-corrected chi connectivity index (χ1v) is 6.59. The van der Waals surface area contributed by atoms with Crippen LogP contribution in [0.4, 0.5) is 5.95 Å². The SMILES string of the molecule is Cc1cc(C(=O)NC(C)(C)C)nc(NCC(C)C)n1. The number of aryl methyl sites for hydroxylation is 1. The number of carbonyl (C=O) groups is 1. The Morgan fingerprint density at radius 2 is 1.95 bits per heavy atom. The first-order valence-electron chi connectivity index (χ1n) is 6.59. The van der Waals surface area contributed by atoms with E-state index < -0.39 is 0 Å². The highest BCUT2D eigenvalue weighted by Crippen LogP contribution is 2.08. The number of hydrogen-bond donors (Lipinski definition) is 2. The van der Waals surface area contributed by atoms with Crippen LogP contribution in [0.25, 0.3) is 0 Å². The third-order valence-electron chi connectivity index (χ3n) is 2.24. The summed E-state index contributed by atoms with van der Waals surface area (Å²) in [6.45, 7) is 12.7. The van der Waals surface area contributed by atoms with Gasteiger partial charge in [-0.25, -0.2) is 9.97 Å². The predicted molar refractivity (Wildman–Crippen MR) is 77.3 cm³/mol. The highest BCUT2D eigenvalue weighted by atomic mass is 16.2. The Bertz CT molecular complexity index is 449. The van der Waals surface area contributed by atoms with Crippen molar-refractivity contribution in [3.05, 3.63) is 17.5 Å². The van der Waals surface area contributed by atoms with Crippen molar-refractivity contribution in [2.75, 3.05) is 11.9 Å². The molecule has 0 aliphatic rings. The standard InChI is InChI=1S/C14H24N4O/c1-9(2)8-15-13-16-10(3)7-11(17-13)12(19)18-14(4,5)6/h7,9H,8H2,1-6H3,(H,18,19)(H,15,16,17). The fourth-order valence-electron chi connectivity index (χ4n) is 1.46. The fourth-order valence-corrected chi connectivity index (χ4v) is 1.46. The number of aromatic nitrogens is 2. The lowest BCUT2D eigenvalue weighted by Gasteiger charge is -2.20. The van der Waals surface area contributed by atoms with Gasteiger partial charge in [-0.1, -0.05) is 13.8 Å². The van der Waals surface area contributed by atoms with E-state index in [0.29, 0.717) is 17.6 Å². The van der Waals surface area contributed by atoms with Gasteiger partial charge >= 0.3 is 0 Å². The van der Waals surface area contributed by atoms with E-state index in [9.17, 15) is 4.79 Å². The van der Waals surface area contributed by atoms with Crippen molar-refractivity contribution < 1.29 is 4.79 Å². The molecule has 0 aliphatic heterocycles. The smallest absolute Gasteiger partial charge is 0.270 e. The van der Waals surface area contributed by atoms with Gasteiger partial charge in [0.15, 0.2) is 0 Å². The molecule has 1 aromatic rings. The van der Waals surface area contributed by atoms with E-state index in [1.807, 2.05) is 27.7 Å². The molecule has 1 amide bonds. The molecule has 0 saturated heterocycles. The van der Waals surface area contributed by atoms with Crippen LogP contribution in [0.2, 0.25) is 0 Å². The molecule has 0 spiro atoms. The summed E-state index contributed by atoms with van der Waals surface area (Å²) in [5.74, 6) is 0.828. The van der Waals surface area contributed by atoms with Gasteiger partial charge in [0.2, 0.25) is 5.95 Å². The molecule has 2 N–H and O–H groups in total. The lowest BCUT2D eigenvalue weighted by Crippen LogP contribution is -2.41. The second kappa shape index (κ2) is 5.99. The van der Waals surface area contributed by atoms with Crippen LogP contribution in [0.1, 0.15) is 50.8 Å². The zero-order valence-electron chi connectivity index (χ0n) is 12.7. The highest BCUT2D eigenvalue weighted by Gasteiger charge is 2.17. The number of carbonyl (C=O) groups excluding carboxylic acids is 1. The topological polar surface area (TPSA) is 66.9 Å². The van der Waals surface area contributed by atoms with Gasteiger partial charge in [-0.15, -0.1) is 0 Å². The largest absolute Gasteiger partial charge is 0.354 e. The average Bonchev–Trinajstić information content (AvgIpc) is 2.23.